The van der Waals surface area contributed by atoms with Gasteiger partial charge >= 0.3 is 0 Å². The van der Waals surface area contributed by atoms with Gasteiger partial charge in [0.25, 0.3) is 11.8 Å². The molecule has 90 valence electrons. The Labute approximate surface area is 103 Å². The molecule has 0 unspecified atom stereocenters. The van der Waals surface area contributed by atoms with Crippen LogP contribution >= 0.6 is 0 Å². The van der Waals surface area contributed by atoms with E-state index in [1.165, 1.54) is 11.0 Å². The molecule has 18 heavy (non-hydrogen) atoms. The van der Waals surface area contributed by atoms with Crippen LogP contribution in [0.2, 0.25) is 0 Å². The lowest BCUT2D eigenvalue weighted by molar-refractivity contribution is 0.0619. The van der Waals surface area contributed by atoms with Crippen molar-refractivity contribution in [3.8, 4) is 5.75 Å². The molecule has 0 atom stereocenters. The van der Waals surface area contributed by atoms with E-state index < -0.39 is 0 Å². The molecule has 0 aliphatic carbocycles. The van der Waals surface area contributed by atoms with Crippen molar-refractivity contribution in [1.82, 2.24) is 4.90 Å². The van der Waals surface area contributed by atoms with E-state index in [4.69, 9.17) is 0 Å². The van der Waals surface area contributed by atoms with Crippen LogP contribution in [0.5, 0.6) is 5.75 Å². The Kier molecular flexibility index (Phi) is 2.13. The first-order chi connectivity index (χ1) is 8.65. The number of rotatable bonds is 1. The van der Waals surface area contributed by atoms with Crippen LogP contribution in [0.4, 0.5) is 0 Å². The third kappa shape index (κ3) is 1.20. The highest BCUT2D eigenvalue weighted by molar-refractivity contribution is 6.26. The highest BCUT2D eigenvalue weighted by atomic mass is 16.3. The molecule has 4 heteroatoms. The van der Waals surface area contributed by atoms with E-state index in [-0.39, 0.29) is 17.6 Å². The Hall–Kier alpha value is -2.36. The summed E-state index contributed by atoms with van der Waals surface area (Å²) in [5, 5.41) is 10.9. The van der Waals surface area contributed by atoms with E-state index in [1.54, 1.807) is 31.2 Å². The normalized spacial score (nSPS) is 14.4. The number of hydrogen-bond acceptors (Lipinski definition) is 3. The highest BCUT2D eigenvalue weighted by Crippen LogP contribution is 2.34. The lowest BCUT2D eigenvalue weighted by atomic mass is 9.93. The first-order valence-corrected chi connectivity index (χ1v) is 5.76. The Balaban J connectivity index is 2.46. The predicted molar refractivity (Wildman–Crippen MR) is 66.7 cm³/mol. The van der Waals surface area contributed by atoms with Gasteiger partial charge in [0.1, 0.15) is 5.75 Å². The quantitative estimate of drug-likeness (QED) is 0.778. The maximum Gasteiger partial charge on any atom is 0.261 e. The fourth-order valence-electron chi connectivity index (χ4n) is 2.42. The molecule has 3 rings (SSSR count). The molecule has 0 radical (unpaired) electrons. The molecule has 0 bridgehead atoms. The Morgan fingerprint density at radius 2 is 1.72 bits per heavy atom. The van der Waals surface area contributed by atoms with Gasteiger partial charge in [-0.3, -0.25) is 14.5 Å². The molecule has 2 aromatic rings. The van der Waals surface area contributed by atoms with Crippen molar-refractivity contribution >= 4 is 22.6 Å². The molecule has 2 aromatic carbocycles. The predicted octanol–water partition coefficient (Wildman–Crippen LogP) is 2.16. The Morgan fingerprint density at radius 3 is 2.39 bits per heavy atom. The minimum atomic E-state index is -0.300. The molecule has 1 heterocycles. The zero-order valence-corrected chi connectivity index (χ0v) is 9.80. The van der Waals surface area contributed by atoms with E-state index >= 15 is 0 Å². The van der Waals surface area contributed by atoms with E-state index in [2.05, 4.69) is 0 Å². The number of imide groups is 1. The number of nitrogens with zero attached hydrogens (tertiary/aromatic N) is 1. The maximum atomic E-state index is 12.2. The van der Waals surface area contributed by atoms with E-state index in [0.29, 0.717) is 28.4 Å². The van der Waals surface area contributed by atoms with Crippen LogP contribution in [0.3, 0.4) is 0 Å². The van der Waals surface area contributed by atoms with Crippen LogP contribution < -0.4 is 0 Å². The molecule has 0 saturated heterocycles. The number of carbonyl (C=O) groups excluding carboxylic acids is 2. The van der Waals surface area contributed by atoms with Gasteiger partial charge in [-0.2, -0.15) is 0 Å². The maximum absolute atomic E-state index is 12.2. The number of phenolic OH excluding ortho intramolecular Hbond substituents is 1. The number of aromatic hydroxyl groups is 1. The molecular formula is C14H11NO3. The van der Waals surface area contributed by atoms with Gasteiger partial charge in [-0.1, -0.05) is 12.1 Å². The fourth-order valence-corrected chi connectivity index (χ4v) is 2.42. The zero-order chi connectivity index (χ0) is 12.9. The Bertz CT molecular complexity index is 668. The van der Waals surface area contributed by atoms with Gasteiger partial charge in [-0.15, -0.1) is 0 Å². The highest BCUT2D eigenvalue weighted by Gasteiger charge is 2.31. The van der Waals surface area contributed by atoms with E-state index in [9.17, 15) is 14.7 Å². The minimum absolute atomic E-state index is 0.0844. The largest absolute Gasteiger partial charge is 0.507 e. The minimum Gasteiger partial charge on any atom is -0.507 e. The van der Waals surface area contributed by atoms with E-state index in [1.807, 2.05) is 0 Å². The second-order valence-corrected chi connectivity index (χ2v) is 4.21. The van der Waals surface area contributed by atoms with Gasteiger partial charge in [-0.25, -0.2) is 0 Å². The topological polar surface area (TPSA) is 57.6 Å². The van der Waals surface area contributed by atoms with Gasteiger partial charge in [-0.05, 0) is 25.1 Å². The molecule has 4 nitrogen and oxygen atoms in total. The number of amides is 2. The van der Waals surface area contributed by atoms with Crippen LogP contribution in [0.25, 0.3) is 10.8 Å². The number of phenols is 1. The van der Waals surface area contributed by atoms with Crippen molar-refractivity contribution in [2.24, 2.45) is 0 Å². The van der Waals surface area contributed by atoms with Gasteiger partial charge in [0.15, 0.2) is 0 Å². The lowest BCUT2D eigenvalue weighted by Gasteiger charge is -2.26. The van der Waals surface area contributed by atoms with Crippen LogP contribution in [-0.2, 0) is 0 Å². The molecule has 1 aliphatic heterocycles. The summed E-state index contributed by atoms with van der Waals surface area (Å²) in [4.78, 5) is 25.6. The zero-order valence-electron chi connectivity index (χ0n) is 9.80. The first kappa shape index (κ1) is 10.8. The molecule has 2 amide bonds. The SMILES string of the molecule is CCN1C(=O)c2cccc3c(O)ccc(c23)C1=O. The summed E-state index contributed by atoms with van der Waals surface area (Å²) in [7, 11) is 0. The second-order valence-electron chi connectivity index (χ2n) is 4.21. The van der Waals surface area contributed by atoms with Crippen molar-refractivity contribution < 1.29 is 14.7 Å². The average Bonchev–Trinajstić information content (AvgIpc) is 2.38. The lowest BCUT2D eigenvalue weighted by Crippen LogP contribution is -2.39. The van der Waals surface area contributed by atoms with Gasteiger partial charge in [0.2, 0.25) is 0 Å². The van der Waals surface area contributed by atoms with Crippen LogP contribution in [-0.4, -0.2) is 28.4 Å². The third-order valence-electron chi connectivity index (χ3n) is 3.28. The van der Waals surface area contributed by atoms with Crippen LogP contribution in [0, 0.1) is 0 Å². The molecule has 0 spiro atoms. The Morgan fingerprint density at radius 1 is 1.06 bits per heavy atom. The number of benzene rings is 2. The van der Waals surface area contributed by atoms with Crippen molar-refractivity contribution in [3.05, 3.63) is 41.5 Å². The van der Waals surface area contributed by atoms with Crippen molar-refractivity contribution in [3.63, 3.8) is 0 Å². The second kappa shape index (κ2) is 3.57. The molecule has 1 aliphatic rings. The molecule has 0 saturated carbocycles. The number of carbonyl (C=O) groups is 2. The first-order valence-electron chi connectivity index (χ1n) is 5.76. The van der Waals surface area contributed by atoms with Gasteiger partial charge in [0.05, 0.1) is 0 Å². The molecule has 1 N–H and O–H groups in total. The standard InChI is InChI=1S/C14H11NO3/c1-2-15-13(17)9-5-3-4-8-11(16)7-6-10(12(8)9)14(15)18/h3-7,16H,2H2,1H3. The fraction of sp³-hybridized carbons (Fsp3) is 0.143. The van der Waals surface area contributed by atoms with E-state index in [0.717, 1.165) is 0 Å². The summed E-state index contributed by atoms with van der Waals surface area (Å²) >= 11 is 0. The summed E-state index contributed by atoms with van der Waals surface area (Å²) in [5.41, 5.74) is 0.944. The van der Waals surface area contributed by atoms with Gasteiger partial charge in [0, 0.05) is 28.4 Å². The van der Waals surface area contributed by atoms with Gasteiger partial charge < -0.3 is 5.11 Å². The number of hydrogen-bond donors (Lipinski definition) is 1. The summed E-state index contributed by atoms with van der Waals surface area (Å²) in [6.45, 7) is 2.11. The van der Waals surface area contributed by atoms with Crippen LogP contribution in [0.15, 0.2) is 30.3 Å². The monoisotopic (exact) mass is 241 g/mol. The smallest absolute Gasteiger partial charge is 0.261 e. The third-order valence-corrected chi connectivity index (χ3v) is 3.28. The summed E-state index contributed by atoms with van der Waals surface area (Å²) < 4.78 is 0. The molecule has 0 fully saturated rings. The van der Waals surface area contributed by atoms with Crippen molar-refractivity contribution in [2.45, 2.75) is 6.92 Å². The average molecular weight is 241 g/mol. The van der Waals surface area contributed by atoms with Crippen molar-refractivity contribution in [2.75, 3.05) is 6.54 Å². The molecular weight excluding hydrogens is 230 g/mol. The summed E-state index contributed by atoms with van der Waals surface area (Å²) in [5.74, 6) is -0.515. The van der Waals surface area contributed by atoms with Crippen LogP contribution in [0.1, 0.15) is 27.6 Å². The summed E-state index contributed by atoms with van der Waals surface area (Å²) in [6.07, 6.45) is 0. The summed E-state index contributed by atoms with van der Waals surface area (Å²) in [6, 6.07) is 8.16. The molecule has 0 aromatic heterocycles. The van der Waals surface area contributed by atoms with Crippen molar-refractivity contribution in [1.29, 1.82) is 0 Å².